The van der Waals surface area contributed by atoms with Gasteiger partial charge >= 0.3 is 17.9 Å². The molecule has 0 aliphatic rings. The third-order valence-electron chi connectivity index (χ3n) is 13.0. The van der Waals surface area contributed by atoms with E-state index in [0.717, 1.165) is 75.5 Å². The molecule has 0 aromatic carbocycles. The molecule has 0 saturated heterocycles. The van der Waals surface area contributed by atoms with Crippen LogP contribution in [-0.2, 0) is 28.6 Å². The molecule has 0 heterocycles. The third-order valence-corrected chi connectivity index (χ3v) is 13.0. The molecule has 0 aromatic rings. The molecule has 6 nitrogen and oxygen atoms in total. The summed E-state index contributed by atoms with van der Waals surface area (Å²) < 4.78 is 16.8. The predicted octanol–water partition coefficient (Wildman–Crippen LogP) is 17.9. The van der Waals surface area contributed by atoms with E-state index in [0.29, 0.717) is 19.3 Å². The van der Waals surface area contributed by atoms with Crippen LogP contribution in [0.3, 0.4) is 0 Å². The lowest BCUT2D eigenvalue weighted by atomic mass is 9.99. The second-order valence-corrected chi connectivity index (χ2v) is 20.4. The van der Waals surface area contributed by atoms with E-state index in [-0.39, 0.29) is 31.1 Å². The Morgan fingerprint density at radius 2 is 0.565 bits per heavy atom. The van der Waals surface area contributed by atoms with E-state index in [9.17, 15) is 14.4 Å². The predicted molar refractivity (Wildman–Crippen MR) is 266 cm³/mol. The summed E-state index contributed by atoms with van der Waals surface area (Å²) in [5.74, 6) is 1.65. The van der Waals surface area contributed by atoms with Gasteiger partial charge in [-0.3, -0.25) is 14.4 Å². The van der Waals surface area contributed by atoms with Gasteiger partial charge in [0.25, 0.3) is 0 Å². The van der Waals surface area contributed by atoms with E-state index in [2.05, 4.69) is 41.5 Å². The molecule has 1 unspecified atom stereocenters. The Morgan fingerprint density at radius 3 is 0.839 bits per heavy atom. The summed E-state index contributed by atoms with van der Waals surface area (Å²) in [7, 11) is 0. The van der Waals surface area contributed by atoms with Crippen LogP contribution in [0.1, 0.15) is 305 Å². The van der Waals surface area contributed by atoms with Gasteiger partial charge in [-0.05, 0) is 37.0 Å². The Bertz CT molecular complexity index is 962. The quantitative estimate of drug-likeness (QED) is 0.0344. The number of rotatable bonds is 49. The van der Waals surface area contributed by atoms with Crippen molar-refractivity contribution in [3.63, 3.8) is 0 Å². The summed E-state index contributed by atoms with van der Waals surface area (Å²) in [4.78, 5) is 38.0. The van der Waals surface area contributed by atoms with Gasteiger partial charge in [-0.15, -0.1) is 0 Å². The van der Waals surface area contributed by atoms with Crippen LogP contribution in [0, 0.1) is 17.8 Å². The smallest absolute Gasteiger partial charge is 0.306 e. The largest absolute Gasteiger partial charge is 0.462 e. The van der Waals surface area contributed by atoms with Crippen molar-refractivity contribution in [3.8, 4) is 0 Å². The minimum Gasteiger partial charge on any atom is -0.462 e. The van der Waals surface area contributed by atoms with Crippen LogP contribution in [0.5, 0.6) is 0 Å². The van der Waals surface area contributed by atoms with Crippen LogP contribution in [0.15, 0.2) is 0 Å². The van der Waals surface area contributed by atoms with Crippen LogP contribution in [0.4, 0.5) is 0 Å². The molecule has 0 aliphatic carbocycles. The Hall–Kier alpha value is -1.59. The molecule has 0 amide bonds. The molecule has 2 atom stereocenters. The van der Waals surface area contributed by atoms with Crippen molar-refractivity contribution in [1.29, 1.82) is 0 Å². The summed E-state index contributed by atoms with van der Waals surface area (Å²) in [5, 5.41) is 0. The standard InChI is InChI=1S/C56H108O6/c1-7-52(6)44-38-32-26-18-16-14-12-10-8-9-11-13-15-17-19-27-33-39-45-54(57)60-48-53(62-56(59)47-41-35-29-23-21-25-31-37-43-51(4)5)49-61-55(58)46-40-34-28-22-20-24-30-36-42-50(2)3/h50-53H,7-49H2,1-6H3/t52?,53-/m1/s1. The lowest BCUT2D eigenvalue weighted by Crippen LogP contribution is -2.30. The molecular formula is C56H108O6. The van der Waals surface area contributed by atoms with Crippen LogP contribution in [0.25, 0.3) is 0 Å². The Balaban J connectivity index is 4.18. The zero-order valence-corrected chi connectivity index (χ0v) is 42.7. The van der Waals surface area contributed by atoms with Crippen LogP contribution in [-0.4, -0.2) is 37.2 Å². The highest BCUT2D eigenvalue weighted by atomic mass is 16.6. The average Bonchev–Trinajstić information content (AvgIpc) is 3.24. The minimum absolute atomic E-state index is 0.0649. The molecule has 0 aliphatic heterocycles. The maximum Gasteiger partial charge on any atom is 0.306 e. The molecule has 0 radical (unpaired) electrons. The van der Waals surface area contributed by atoms with Gasteiger partial charge in [-0.25, -0.2) is 0 Å². The molecule has 0 rings (SSSR count). The fourth-order valence-electron chi connectivity index (χ4n) is 8.44. The zero-order valence-electron chi connectivity index (χ0n) is 42.7. The van der Waals surface area contributed by atoms with Gasteiger partial charge < -0.3 is 14.2 Å². The summed E-state index contributed by atoms with van der Waals surface area (Å²) in [5.41, 5.74) is 0. The van der Waals surface area contributed by atoms with Gasteiger partial charge in [0.1, 0.15) is 13.2 Å². The van der Waals surface area contributed by atoms with E-state index in [1.165, 1.54) is 186 Å². The topological polar surface area (TPSA) is 78.9 Å². The minimum atomic E-state index is -0.763. The van der Waals surface area contributed by atoms with Gasteiger partial charge in [0, 0.05) is 19.3 Å². The second-order valence-electron chi connectivity index (χ2n) is 20.4. The van der Waals surface area contributed by atoms with Crippen LogP contribution < -0.4 is 0 Å². The van der Waals surface area contributed by atoms with Crippen molar-refractivity contribution < 1.29 is 28.6 Å². The van der Waals surface area contributed by atoms with Crippen molar-refractivity contribution in [2.45, 2.75) is 311 Å². The lowest BCUT2D eigenvalue weighted by Gasteiger charge is -2.18. The van der Waals surface area contributed by atoms with Crippen molar-refractivity contribution in [3.05, 3.63) is 0 Å². The van der Waals surface area contributed by atoms with Gasteiger partial charge in [0.15, 0.2) is 6.10 Å². The molecule has 0 spiro atoms. The summed E-state index contributed by atoms with van der Waals surface area (Å²) in [6.07, 6.45) is 48.2. The van der Waals surface area contributed by atoms with E-state index in [1.807, 2.05) is 0 Å². The number of esters is 3. The van der Waals surface area contributed by atoms with E-state index < -0.39 is 6.10 Å². The fourth-order valence-corrected chi connectivity index (χ4v) is 8.44. The van der Waals surface area contributed by atoms with E-state index in [4.69, 9.17) is 14.2 Å². The Morgan fingerprint density at radius 1 is 0.323 bits per heavy atom. The number of hydrogen-bond acceptors (Lipinski definition) is 6. The van der Waals surface area contributed by atoms with E-state index in [1.54, 1.807) is 0 Å². The maximum absolute atomic E-state index is 12.8. The maximum atomic E-state index is 12.8. The molecule has 0 saturated carbocycles. The van der Waals surface area contributed by atoms with Crippen molar-refractivity contribution >= 4 is 17.9 Å². The highest BCUT2D eigenvalue weighted by Gasteiger charge is 2.19. The monoisotopic (exact) mass is 877 g/mol. The molecular weight excluding hydrogens is 769 g/mol. The van der Waals surface area contributed by atoms with Crippen molar-refractivity contribution in [2.24, 2.45) is 17.8 Å². The van der Waals surface area contributed by atoms with Crippen LogP contribution >= 0.6 is 0 Å². The first-order valence-corrected chi connectivity index (χ1v) is 27.6. The van der Waals surface area contributed by atoms with Crippen molar-refractivity contribution in [1.82, 2.24) is 0 Å². The molecule has 6 heteroatoms. The normalized spacial score (nSPS) is 12.6. The third kappa shape index (κ3) is 47.9. The average molecular weight is 877 g/mol. The second kappa shape index (κ2) is 47.4. The fraction of sp³-hybridized carbons (Fsp3) is 0.946. The first-order valence-electron chi connectivity index (χ1n) is 27.6. The summed E-state index contributed by atoms with van der Waals surface area (Å²) in [6, 6.07) is 0. The molecule has 0 fully saturated rings. The highest BCUT2D eigenvalue weighted by molar-refractivity contribution is 5.71. The first kappa shape index (κ1) is 60.4. The molecule has 0 N–H and O–H groups in total. The van der Waals surface area contributed by atoms with Gasteiger partial charge in [-0.2, -0.15) is 0 Å². The Kier molecular flexibility index (Phi) is 46.2. The number of hydrogen-bond donors (Lipinski definition) is 0. The number of carbonyl (C=O) groups excluding carboxylic acids is 3. The number of ether oxygens (including phenoxy) is 3. The Labute approximate surface area is 387 Å². The summed E-state index contributed by atoms with van der Waals surface area (Å²) >= 11 is 0. The molecule has 62 heavy (non-hydrogen) atoms. The summed E-state index contributed by atoms with van der Waals surface area (Å²) in [6.45, 7) is 13.7. The van der Waals surface area contributed by atoms with Gasteiger partial charge in [0.05, 0.1) is 0 Å². The number of unbranched alkanes of at least 4 members (excludes halogenated alkanes) is 31. The molecule has 368 valence electrons. The first-order chi connectivity index (χ1) is 30.1. The lowest BCUT2D eigenvalue weighted by molar-refractivity contribution is -0.167. The molecule has 0 bridgehead atoms. The van der Waals surface area contributed by atoms with Crippen molar-refractivity contribution in [2.75, 3.05) is 13.2 Å². The zero-order chi connectivity index (χ0) is 45.6. The van der Waals surface area contributed by atoms with Crippen LogP contribution in [0.2, 0.25) is 0 Å². The SMILES string of the molecule is CCC(C)CCCCCCCCCCCCCCCCCCCCC(=O)OC[C@H](COC(=O)CCCCCCCCCCC(C)C)OC(=O)CCCCCCCCCCC(C)C. The van der Waals surface area contributed by atoms with Gasteiger partial charge in [-0.1, -0.05) is 266 Å². The highest BCUT2D eigenvalue weighted by Crippen LogP contribution is 2.18. The van der Waals surface area contributed by atoms with Gasteiger partial charge in [0.2, 0.25) is 0 Å². The van der Waals surface area contributed by atoms with E-state index >= 15 is 0 Å². The molecule has 0 aromatic heterocycles. The number of carbonyl (C=O) groups is 3.